The van der Waals surface area contributed by atoms with E-state index in [0.29, 0.717) is 5.82 Å². The number of hydrogen-bond acceptors (Lipinski definition) is 2. The maximum Gasteiger partial charge on any atom is 0.141 e. The van der Waals surface area contributed by atoms with Crippen LogP contribution in [-0.2, 0) is 0 Å². The summed E-state index contributed by atoms with van der Waals surface area (Å²) in [5.74, 6) is 1.18. The third-order valence-corrected chi connectivity index (χ3v) is 2.67. The summed E-state index contributed by atoms with van der Waals surface area (Å²) in [6.45, 7) is 1.91. The predicted molar refractivity (Wildman–Crippen MR) is 63.6 cm³/mol. The van der Waals surface area contributed by atoms with Gasteiger partial charge in [0.15, 0.2) is 0 Å². The lowest BCUT2D eigenvalue weighted by Crippen LogP contribution is -1.99. The van der Waals surface area contributed by atoms with E-state index in [2.05, 4.69) is 9.97 Å². The largest absolute Gasteiger partial charge is 0.281 e. The van der Waals surface area contributed by atoms with Crippen LogP contribution in [0.15, 0.2) is 42.6 Å². The first-order valence-electron chi connectivity index (χ1n) is 5.32. The lowest BCUT2D eigenvalue weighted by molar-refractivity contribution is 0.620. The van der Waals surface area contributed by atoms with Crippen molar-refractivity contribution in [1.82, 2.24) is 14.5 Å². The summed E-state index contributed by atoms with van der Waals surface area (Å²) in [5.41, 5.74) is 1.89. The topological polar surface area (TPSA) is 30.7 Å². The fourth-order valence-corrected chi connectivity index (χ4v) is 1.94. The molecule has 2 aromatic heterocycles. The number of aryl methyl sites for hydroxylation is 1. The molecule has 0 fully saturated rings. The molecule has 3 rings (SSSR count). The molecule has 0 radical (unpaired) electrons. The number of fused-ring (bicyclic) bond motifs is 1. The second-order valence-corrected chi connectivity index (χ2v) is 3.82. The molecule has 0 aliphatic heterocycles. The van der Waals surface area contributed by atoms with Gasteiger partial charge in [-0.1, -0.05) is 12.1 Å². The summed E-state index contributed by atoms with van der Waals surface area (Å²) in [6, 6.07) is 10.9. The molecule has 2 heterocycles. The van der Waals surface area contributed by atoms with Gasteiger partial charge in [-0.2, -0.15) is 0 Å². The highest BCUT2D eigenvalue weighted by Crippen LogP contribution is 2.19. The Hall–Kier alpha value is -2.23. The molecule has 0 aliphatic carbocycles. The number of halogens is 1. The van der Waals surface area contributed by atoms with E-state index >= 15 is 0 Å². The van der Waals surface area contributed by atoms with Gasteiger partial charge in [-0.25, -0.2) is 14.4 Å². The van der Waals surface area contributed by atoms with Gasteiger partial charge in [0.1, 0.15) is 17.5 Å². The molecule has 0 amide bonds. The second-order valence-electron chi connectivity index (χ2n) is 3.82. The number of nitrogens with zero attached hydrogens (tertiary/aromatic N) is 3. The molecule has 0 saturated heterocycles. The van der Waals surface area contributed by atoms with Crippen molar-refractivity contribution in [3.8, 4) is 5.82 Å². The van der Waals surface area contributed by atoms with Gasteiger partial charge in [0, 0.05) is 0 Å². The summed E-state index contributed by atoms with van der Waals surface area (Å²) in [6.07, 6.45) is 1.21. The van der Waals surface area contributed by atoms with Crippen LogP contribution >= 0.6 is 0 Å². The van der Waals surface area contributed by atoms with Gasteiger partial charge in [-0.05, 0) is 31.2 Å². The molecule has 3 aromatic rings. The molecular formula is C13H10FN3. The van der Waals surface area contributed by atoms with Gasteiger partial charge in [-0.3, -0.25) is 4.57 Å². The highest BCUT2D eigenvalue weighted by Gasteiger charge is 2.09. The standard InChI is InChI=1S/C13H10FN3/c1-9-16-11-4-2-3-5-12(11)17(9)13-7-6-10(14)8-15-13/h2-8H,1H3. The van der Waals surface area contributed by atoms with Crippen molar-refractivity contribution in [2.75, 3.05) is 0 Å². The minimum Gasteiger partial charge on any atom is -0.281 e. The van der Waals surface area contributed by atoms with Crippen molar-refractivity contribution in [3.05, 3.63) is 54.2 Å². The second kappa shape index (κ2) is 3.66. The average molecular weight is 227 g/mol. The summed E-state index contributed by atoms with van der Waals surface area (Å²) in [4.78, 5) is 8.52. The Morgan fingerprint density at radius 3 is 2.71 bits per heavy atom. The number of para-hydroxylation sites is 2. The Morgan fingerprint density at radius 2 is 1.94 bits per heavy atom. The lowest BCUT2D eigenvalue weighted by Gasteiger charge is -2.04. The average Bonchev–Trinajstić information content (AvgIpc) is 2.66. The highest BCUT2D eigenvalue weighted by molar-refractivity contribution is 5.77. The van der Waals surface area contributed by atoms with Gasteiger partial charge < -0.3 is 0 Å². The molecule has 0 aliphatic rings. The molecule has 0 N–H and O–H groups in total. The van der Waals surface area contributed by atoms with Crippen molar-refractivity contribution in [1.29, 1.82) is 0 Å². The van der Waals surface area contributed by atoms with Gasteiger partial charge in [0.25, 0.3) is 0 Å². The van der Waals surface area contributed by atoms with Crippen molar-refractivity contribution >= 4 is 11.0 Å². The Labute approximate surface area is 97.6 Å². The maximum atomic E-state index is 12.9. The Morgan fingerprint density at radius 1 is 1.12 bits per heavy atom. The molecule has 84 valence electrons. The Kier molecular flexibility index (Phi) is 2.14. The van der Waals surface area contributed by atoms with Crippen molar-refractivity contribution in [2.45, 2.75) is 6.92 Å². The third kappa shape index (κ3) is 1.58. The van der Waals surface area contributed by atoms with Crippen LogP contribution in [0.3, 0.4) is 0 Å². The van der Waals surface area contributed by atoms with E-state index in [1.807, 2.05) is 35.8 Å². The van der Waals surface area contributed by atoms with Gasteiger partial charge in [0.05, 0.1) is 17.2 Å². The van der Waals surface area contributed by atoms with Gasteiger partial charge in [0.2, 0.25) is 0 Å². The van der Waals surface area contributed by atoms with Crippen LogP contribution in [0.2, 0.25) is 0 Å². The first kappa shape index (κ1) is 9.96. The summed E-state index contributed by atoms with van der Waals surface area (Å²) in [5, 5.41) is 0. The van der Waals surface area contributed by atoms with E-state index in [-0.39, 0.29) is 5.82 Å². The molecule has 1 aromatic carbocycles. The Balaban J connectivity index is 2.29. The van der Waals surface area contributed by atoms with Crippen LogP contribution in [0, 0.1) is 12.7 Å². The molecule has 3 nitrogen and oxygen atoms in total. The zero-order valence-electron chi connectivity index (χ0n) is 9.26. The van der Waals surface area contributed by atoms with E-state index in [4.69, 9.17) is 0 Å². The molecular weight excluding hydrogens is 217 g/mol. The van der Waals surface area contributed by atoms with Crippen molar-refractivity contribution in [2.24, 2.45) is 0 Å². The highest BCUT2D eigenvalue weighted by atomic mass is 19.1. The quantitative estimate of drug-likeness (QED) is 0.640. The molecule has 17 heavy (non-hydrogen) atoms. The SMILES string of the molecule is Cc1nc2ccccc2n1-c1ccc(F)cn1. The van der Waals surface area contributed by atoms with E-state index in [0.717, 1.165) is 16.9 Å². The lowest BCUT2D eigenvalue weighted by atomic mass is 10.3. The van der Waals surface area contributed by atoms with E-state index in [1.165, 1.54) is 12.3 Å². The first-order valence-corrected chi connectivity index (χ1v) is 5.32. The number of benzene rings is 1. The molecule has 0 bridgehead atoms. The van der Waals surface area contributed by atoms with E-state index < -0.39 is 0 Å². The molecule has 0 unspecified atom stereocenters. The van der Waals surface area contributed by atoms with Gasteiger partial charge >= 0.3 is 0 Å². The van der Waals surface area contributed by atoms with Crippen molar-refractivity contribution < 1.29 is 4.39 Å². The summed E-state index contributed by atoms with van der Waals surface area (Å²) >= 11 is 0. The van der Waals surface area contributed by atoms with E-state index in [9.17, 15) is 4.39 Å². The van der Waals surface area contributed by atoms with Crippen LogP contribution in [0.25, 0.3) is 16.9 Å². The normalized spacial score (nSPS) is 10.9. The van der Waals surface area contributed by atoms with Crippen molar-refractivity contribution in [3.63, 3.8) is 0 Å². The smallest absolute Gasteiger partial charge is 0.141 e. The molecule has 0 spiro atoms. The summed E-state index contributed by atoms with van der Waals surface area (Å²) in [7, 11) is 0. The van der Waals surface area contributed by atoms with Gasteiger partial charge in [-0.15, -0.1) is 0 Å². The Bertz CT molecular complexity index is 671. The minimum atomic E-state index is -0.337. The number of hydrogen-bond donors (Lipinski definition) is 0. The number of pyridine rings is 1. The van der Waals surface area contributed by atoms with Crippen LogP contribution in [0.1, 0.15) is 5.82 Å². The maximum absolute atomic E-state index is 12.9. The monoisotopic (exact) mass is 227 g/mol. The van der Waals surface area contributed by atoms with E-state index in [1.54, 1.807) is 6.07 Å². The number of imidazole rings is 1. The fraction of sp³-hybridized carbons (Fsp3) is 0.0769. The van der Waals surface area contributed by atoms with Crippen LogP contribution < -0.4 is 0 Å². The third-order valence-electron chi connectivity index (χ3n) is 2.67. The molecule has 0 atom stereocenters. The van der Waals surface area contributed by atoms with Crippen LogP contribution in [0.5, 0.6) is 0 Å². The number of aromatic nitrogens is 3. The van der Waals surface area contributed by atoms with Crippen LogP contribution in [0.4, 0.5) is 4.39 Å². The summed E-state index contributed by atoms with van der Waals surface area (Å²) < 4.78 is 14.8. The fourth-order valence-electron chi connectivity index (χ4n) is 1.94. The molecule has 4 heteroatoms. The zero-order valence-corrected chi connectivity index (χ0v) is 9.26. The zero-order chi connectivity index (χ0) is 11.8. The first-order chi connectivity index (χ1) is 8.25. The van der Waals surface area contributed by atoms with Crippen LogP contribution in [-0.4, -0.2) is 14.5 Å². The number of rotatable bonds is 1. The molecule has 0 saturated carbocycles. The minimum absolute atomic E-state index is 0.337. The predicted octanol–water partition coefficient (Wildman–Crippen LogP) is 2.87.